The molecule has 2 aliphatic heterocycles. The monoisotopic (exact) mass is 290 g/mol. The van der Waals surface area contributed by atoms with Gasteiger partial charge in [0.05, 0.1) is 18.5 Å². The molecule has 0 saturated carbocycles. The van der Waals surface area contributed by atoms with E-state index in [0.717, 1.165) is 19.4 Å². The Morgan fingerprint density at radius 2 is 2.11 bits per heavy atom. The first-order valence-corrected chi connectivity index (χ1v) is 8.94. The van der Waals surface area contributed by atoms with Gasteiger partial charge < -0.3 is 10.1 Å². The van der Waals surface area contributed by atoms with Gasteiger partial charge in [0, 0.05) is 18.6 Å². The zero-order valence-electron chi connectivity index (χ0n) is 12.0. The lowest BCUT2D eigenvalue weighted by atomic mass is 10.0. The van der Waals surface area contributed by atoms with Crippen LogP contribution in [0.2, 0.25) is 0 Å². The summed E-state index contributed by atoms with van der Waals surface area (Å²) in [7, 11) is -3.15. The van der Waals surface area contributed by atoms with Gasteiger partial charge in [-0.2, -0.15) is 4.31 Å². The van der Waals surface area contributed by atoms with E-state index in [0.29, 0.717) is 19.2 Å². The Hall–Kier alpha value is -0.170. The van der Waals surface area contributed by atoms with Crippen LogP contribution in [0.25, 0.3) is 0 Å². The number of hydrogen-bond acceptors (Lipinski definition) is 4. The molecule has 3 atom stereocenters. The molecule has 2 rings (SSSR count). The lowest BCUT2D eigenvalue weighted by Gasteiger charge is -2.36. The fourth-order valence-corrected chi connectivity index (χ4v) is 4.70. The molecule has 0 aromatic heterocycles. The number of sulfonamides is 1. The normalized spacial score (nSPS) is 34.3. The second-order valence-electron chi connectivity index (χ2n) is 5.81. The molecule has 0 aliphatic carbocycles. The van der Waals surface area contributed by atoms with Gasteiger partial charge in [0.25, 0.3) is 0 Å². The summed E-state index contributed by atoms with van der Waals surface area (Å²) >= 11 is 0. The van der Waals surface area contributed by atoms with E-state index >= 15 is 0 Å². The Morgan fingerprint density at radius 3 is 2.79 bits per heavy atom. The summed E-state index contributed by atoms with van der Waals surface area (Å²) in [5.74, 6) is 0.252. The van der Waals surface area contributed by atoms with Gasteiger partial charge in [0.2, 0.25) is 10.0 Å². The Bertz CT molecular complexity index is 379. The number of ether oxygens (including phenoxy) is 1. The molecule has 3 unspecified atom stereocenters. The zero-order valence-corrected chi connectivity index (χ0v) is 12.8. The van der Waals surface area contributed by atoms with Crippen molar-refractivity contribution < 1.29 is 13.2 Å². The number of rotatable bonds is 4. The summed E-state index contributed by atoms with van der Waals surface area (Å²) in [5, 5.41) is 3.41. The van der Waals surface area contributed by atoms with Crippen molar-refractivity contribution in [1.82, 2.24) is 9.62 Å². The van der Waals surface area contributed by atoms with Crippen molar-refractivity contribution in [3.8, 4) is 0 Å². The maximum atomic E-state index is 12.4. The molecule has 6 heteroatoms. The Labute approximate surface area is 116 Å². The second kappa shape index (κ2) is 6.52. The average Bonchev–Trinajstić information content (AvgIpc) is 2.40. The summed E-state index contributed by atoms with van der Waals surface area (Å²) in [5.41, 5.74) is 0. The highest BCUT2D eigenvalue weighted by atomic mass is 32.2. The van der Waals surface area contributed by atoms with Crippen molar-refractivity contribution in [2.24, 2.45) is 0 Å². The third-order valence-electron chi connectivity index (χ3n) is 4.04. The first-order valence-electron chi connectivity index (χ1n) is 7.33. The van der Waals surface area contributed by atoms with Crippen LogP contribution >= 0.6 is 0 Å². The third-order valence-corrected chi connectivity index (χ3v) is 6.02. The zero-order chi connectivity index (χ0) is 13.9. The van der Waals surface area contributed by atoms with E-state index in [1.807, 2.05) is 13.8 Å². The van der Waals surface area contributed by atoms with E-state index < -0.39 is 10.0 Å². The molecule has 0 aromatic carbocycles. The van der Waals surface area contributed by atoms with Crippen LogP contribution in [0.4, 0.5) is 0 Å². The molecule has 2 fully saturated rings. The number of nitrogens with zero attached hydrogens (tertiary/aromatic N) is 1. The average molecular weight is 290 g/mol. The van der Waals surface area contributed by atoms with E-state index in [1.165, 1.54) is 12.8 Å². The Morgan fingerprint density at radius 1 is 1.32 bits per heavy atom. The van der Waals surface area contributed by atoms with E-state index in [1.54, 1.807) is 4.31 Å². The number of hydrogen-bond donors (Lipinski definition) is 1. The van der Waals surface area contributed by atoms with Crippen LogP contribution in [0.15, 0.2) is 0 Å². The fraction of sp³-hybridized carbons (Fsp3) is 1.00. The highest BCUT2D eigenvalue weighted by Gasteiger charge is 2.33. The van der Waals surface area contributed by atoms with Gasteiger partial charge in [-0.15, -0.1) is 0 Å². The minimum absolute atomic E-state index is 0.00113. The summed E-state index contributed by atoms with van der Waals surface area (Å²) in [6.07, 6.45) is 4.24. The van der Waals surface area contributed by atoms with E-state index in [-0.39, 0.29) is 17.9 Å². The van der Waals surface area contributed by atoms with Crippen LogP contribution in [0.1, 0.15) is 39.5 Å². The van der Waals surface area contributed by atoms with Crippen molar-refractivity contribution in [2.45, 2.75) is 57.7 Å². The van der Waals surface area contributed by atoms with E-state index in [4.69, 9.17) is 4.74 Å². The topological polar surface area (TPSA) is 58.6 Å². The first-order chi connectivity index (χ1) is 8.99. The molecule has 0 bridgehead atoms. The number of nitrogens with one attached hydrogen (secondary N) is 1. The molecule has 2 aliphatic rings. The number of piperidine rings is 1. The molecule has 2 heterocycles. The Balaban J connectivity index is 1.89. The van der Waals surface area contributed by atoms with Crippen LogP contribution < -0.4 is 5.32 Å². The second-order valence-corrected chi connectivity index (χ2v) is 7.86. The van der Waals surface area contributed by atoms with Crippen molar-refractivity contribution in [1.29, 1.82) is 0 Å². The quantitative estimate of drug-likeness (QED) is 0.838. The lowest BCUT2D eigenvalue weighted by molar-refractivity contribution is -0.0170. The fourth-order valence-electron chi connectivity index (χ4n) is 2.84. The van der Waals surface area contributed by atoms with Gasteiger partial charge >= 0.3 is 0 Å². The standard InChI is InChI=1S/C13H26N2O3S/c1-11-10-18-12(2)9-15(11)19(16,17)8-6-13-5-3-4-7-14-13/h11-14H,3-10H2,1-2H3. The largest absolute Gasteiger partial charge is 0.375 e. The van der Waals surface area contributed by atoms with E-state index in [9.17, 15) is 8.42 Å². The van der Waals surface area contributed by atoms with Gasteiger partial charge in [0.1, 0.15) is 0 Å². The molecule has 0 amide bonds. The first kappa shape index (κ1) is 15.2. The maximum absolute atomic E-state index is 12.4. The van der Waals surface area contributed by atoms with Crippen molar-refractivity contribution >= 4 is 10.0 Å². The lowest BCUT2D eigenvalue weighted by Crippen LogP contribution is -2.51. The van der Waals surface area contributed by atoms with Gasteiger partial charge in [0.15, 0.2) is 0 Å². The maximum Gasteiger partial charge on any atom is 0.214 e. The summed E-state index contributed by atoms with van der Waals surface area (Å²) < 4.78 is 32.0. The van der Waals surface area contributed by atoms with Crippen LogP contribution in [-0.2, 0) is 14.8 Å². The van der Waals surface area contributed by atoms with Crippen LogP contribution in [0.3, 0.4) is 0 Å². The van der Waals surface area contributed by atoms with Crippen molar-refractivity contribution in [2.75, 3.05) is 25.4 Å². The molecule has 0 radical (unpaired) electrons. The van der Waals surface area contributed by atoms with Gasteiger partial charge in [-0.1, -0.05) is 6.42 Å². The SMILES string of the molecule is CC1CN(S(=O)(=O)CCC2CCCCN2)C(C)CO1. The number of morpholine rings is 1. The van der Waals surface area contributed by atoms with Gasteiger partial charge in [-0.05, 0) is 39.7 Å². The molecular formula is C13H26N2O3S. The smallest absolute Gasteiger partial charge is 0.214 e. The van der Waals surface area contributed by atoms with Crippen LogP contribution in [-0.4, -0.2) is 56.4 Å². The van der Waals surface area contributed by atoms with E-state index in [2.05, 4.69) is 5.32 Å². The highest BCUT2D eigenvalue weighted by molar-refractivity contribution is 7.89. The summed E-state index contributed by atoms with van der Waals surface area (Å²) in [6.45, 7) is 5.86. The molecular weight excluding hydrogens is 264 g/mol. The molecule has 0 spiro atoms. The molecule has 0 aromatic rings. The summed E-state index contributed by atoms with van der Waals surface area (Å²) in [6, 6.07) is 0.331. The van der Waals surface area contributed by atoms with Gasteiger partial charge in [-0.25, -0.2) is 8.42 Å². The molecule has 19 heavy (non-hydrogen) atoms. The van der Waals surface area contributed by atoms with Crippen molar-refractivity contribution in [3.05, 3.63) is 0 Å². The predicted octanol–water partition coefficient (Wildman–Crippen LogP) is 0.958. The molecule has 2 saturated heterocycles. The van der Waals surface area contributed by atoms with Gasteiger partial charge in [-0.3, -0.25) is 0 Å². The summed E-state index contributed by atoms with van der Waals surface area (Å²) in [4.78, 5) is 0. The minimum Gasteiger partial charge on any atom is -0.375 e. The Kier molecular flexibility index (Phi) is 5.22. The van der Waals surface area contributed by atoms with Crippen LogP contribution in [0, 0.1) is 0 Å². The third kappa shape index (κ3) is 4.15. The van der Waals surface area contributed by atoms with Crippen LogP contribution in [0.5, 0.6) is 0 Å². The van der Waals surface area contributed by atoms with Crippen molar-refractivity contribution in [3.63, 3.8) is 0 Å². The molecule has 5 nitrogen and oxygen atoms in total. The highest BCUT2D eigenvalue weighted by Crippen LogP contribution is 2.18. The molecule has 1 N–H and O–H groups in total. The predicted molar refractivity (Wildman–Crippen MR) is 75.6 cm³/mol. The minimum atomic E-state index is -3.15. The molecule has 112 valence electrons.